The Balaban J connectivity index is 1.48. The second kappa shape index (κ2) is 5.68. The van der Waals surface area contributed by atoms with Crippen LogP contribution >= 0.6 is 11.3 Å². The quantitative estimate of drug-likeness (QED) is 0.931. The Hall–Kier alpha value is -2.17. The van der Waals surface area contributed by atoms with Gasteiger partial charge < -0.3 is 5.32 Å². The molecule has 0 atom stereocenters. The summed E-state index contributed by atoms with van der Waals surface area (Å²) < 4.78 is 1.96. The van der Waals surface area contributed by atoms with Crippen molar-refractivity contribution in [2.24, 2.45) is 0 Å². The summed E-state index contributed by atoms with van der Waals surface area (Å²) >= 11 is 1.37. The van der Waals surface area contributed by atoms with Crippen LogP contribution in [-0.4, -0.2) is 40.2 Å². The molecule has 1 fully saturated rings. The Kier molecular flexibility index (Phi) is 3.73. The number of carbonyl (C=O) groups is 1. The number of amides is 1. The van der Waals surface area contributed by atoms with E-state index in [0.29, 0.717) is 23.2 Å². The van der Waals surface area contributed by atoms with Crippen molar-refractivity contribution < 1.29 is 4.79 Å². The minimum atomic E-state index is -0.0796. The van der Waals surface area contributed by atoms with Crippen molar-refractivity contribution in [3.8, 4) is 6.07 Å². The number of hydrogen-bond donors (Lipinski definition) is 1. The van der Waals surface area contributed by atoms with E-state index in [-0.39, 0.29) is 5.91 Å². The monoisotopic (exact) mass is 301 g/mol. The third-order valence-corrected chi connectivity index (χ3v) is 4.28. The molecule has 0 aliphatic carbocycles. The SMILES string of the molecule is Cc1cnn(C2CN(CC(=O)Nc3sccc3C#N)C2)c1. The predicted octanol–water partition coefficient (Wildman–Crippen LogP) is 1.62. The summed E-state index contributed by atoms with van der Waals surface area (Å²) in [7, 11) is 0. The van der Waals surface area contributed by atoms with E-state index in [0.717, 1.165) is 18.7 Å². The summed E-state index contributed by atoms with van der Waals surface area (Å²) in [5.74, 6) is -0.0796. The molecule has 1 aliphatic rings. The second-order valence-electron chi connectivity index (χ2n) is 5.17. The number of likely N-dealkylation sites (tertiary alicyclic amines) is 1. The first-order chi connectivity index (χ1) is 10.2. The van der Waals surface area contributed by atoms with Crippen LogP contribution in [0.15, 0.2) is 23.8 Å². The van der Waals surface area contributed by atoms with Gasteiger partial charge in [0, 0.05) is 19.3 Å². The van der Waals surface area contributed by atoms with Crippen LogP contribution in [0.3, 0.4) is 0 Å². The number of nitrogens with zero attached hydrogens (tertiary/aromatic N) is 4. The molecule has 1 aliphatic heterocycles. The van der Waals surface area contributed by atoms with E-state index in [1.807, 2.05) is 24.0 Å². The number of hydrogen-bond acceptors (Lipinski definition) is 5. The molecule has 1 amide bonds. The lowest BCUT2D eigenvalue weighted by molar-refractivity contribution is -0.118. The maximum absolute atomic E-state index is 12.0. The molecule has 0 aromatic carbocycles. The number of rotatable bonds is 4. The molecule has 0 spiro atoms. The van der Waals surface area contributed by atoms with Crippen LogP contribution in [0.2, 0.25) is 0 Å². The minimum Gasteiger partial charge on any atom is -0.315 e. The topological polar surface area (TPSA) is 74.0 Å². The molecule has 3 heterocycles. The lowest BCUT2D eigenvalue weighted by Crippen LogP contribution is -2.50. The second-order valence-corrected chi connectivity index (χ2v) is 6.09. The van der Waals surface area contributed by atoms with Crippen molar-refractivity contribution in [2.45, 2.75) is 13.0 Å². The molecule has 7 heteroatoms. The smallest absolute Gasteiger partial charge is 0.239 e. The van der Waals surface area contributed by atoms with Gasteiger partial charge in [0.1, 0.15) is 11.1 Å². The number of anilines is 1. The maximum Gasteiger partial charge on any atom is 0.239 e. The zero-order chi connectivity index (χ0) is 14.8. The molecular weight excluding hydrogens is 286 g/mol. The minimum absolute atomic E-state index is 0.0796. The van der Waals surface area contributed by atoms with Gasteiger partial charge in [-0.05, 0) is 23.9 Å². The van der Waals surface area contributed by atoms with Crippen molar-refractivity contribution in [1.29, 1.82) is 5.26 Å². The maximum atomic E-state index is 12.0. The Morgan fingerprint density at radius 3 is 3.10 bits per heavy atom. The normalized spacial score (nSPS) is 15.4. The fourth-order valence-electron chi connectivity index (χ4n) is 2.34. The summed E-state index contributed by atoms with van der Waals surface area (Å²) in [5, 5.41) is 18.4. The van der Waals surface area contributed by atoms with Gasteiger partial charge in [-0.3, -0.25) is 14.4 Å². The summed E-state index contributed by atoms with van der Waals surface area (Å²) in [6.45, 7) is 4.01. The highest BCUT2D eigenvalue weighted by molar-refractivity contribution is 7.14. The fourth-order valence-corrected chi connectivity index (χ4v) is 3.09. The average Bonchev–Trinajstić information content (AvgIpc) is 3.02. The van der Waals surface area contributed by atoms with E-state index < -0.39 is 0 Å². The number of aromatic nitrogens is 2. The van der Waals surface area contributed by atoms with Crippen molar-refractivity contribution in [3.05, 3.63) is 35.0 Å². The average molecular weight is 301 g/mol. The number of carbonyl (C=O) groups excluding carboxylic acids is 1. The van der Waals surface area contributed by atoms with Crippen molar-refractivity contribution in [1.82, 2.24) is 14.7 Å². The molecule has 0 saturated carbocycles. The van der Waals surface area contributed by atoms with E-state index in [2.05, 4.69) is 21.4 Å². The zero-order valence-electron chi connectivity index (χ0n) is 11.6. The largest absolute Gasteiger partial charge is 0.315 e. The Morgan fingerprint density at radius 2 is 2.43 bits per heavy atom. The van der Waals surface area contributed by atoms with Gasteiger partial charge in [0.15, 0.2) is 0 Å². The number of thiophene rings is 1. The molecule has 2 aromatic heterocycles. The first-order valence-electron chi connectivity index (χ1n) is 6.66. The third-order valence-electron chi connectivity index (χ3n) is 3.45. The molecule has 3 rings (SSSR count). The van der Waals surface area contributed by atoms with Crippen LogP contribution in [0.5, 0.6) is 0 Å². The van der Waals surface area contributed by atoms with E-state index >= 15 is 0 Å². The highest BCUT2D eigenvalue weighted by Gasteiger charge is 2.30. The van der Waals surface area contributed by atoms with E-state index in [1.165, 1.54) is 11.3 Å². The van der Waals surface area contributed by atoms with Crippen LogP contribution in [-0.2, 0) is 4.79 Å². The first-order valence-corrected chi connectivity index (χ1v) is 7.54. The molecule has 1 saturated heterocycles. The number of nitrogens with one attached hydrogen (secondary N) is 1. The summed E-state index contributed by atoms with van der Waals surface area (Å²) in [5.41, 5.74) is 1.66. The lowest BCUT2D eigenvalue weighted by atomic mass is 10.1. The van der Waals surface area contributed by atoms with Gasteiger partial charge in [0.25, 0.3) is 0 Å². The number of aryl methyl sites for hydroxylation is 1. The van der Waals surface area contributed by atoms with Gasteiger partial charge in [-0.25, -0.2) is 0 Å². The molecule has 6 nitrogen and oxygen atoms in total. The van der Waals surface area contributed by atoms with Crippen LogP contribution in [0.1, 0.15) is 17.2 Å². The van der Waals surface area contributed by atoms with Crippen molar-refractivity contribution >= 4 is 22.2 Å². The molecular formula is C14H15N5OS. The molecule has 0 unspecified atom stereocenters. The van der Waals surface area contributed by atoms with Gasteiger partial charge in [0.2, 0.25) is 5.91 Å². The fraction of sp³-hybridized carbons (Fsp3) is 0.357. The van der Waals surface area contributed by atoms with E-state index in [4.69, 9.17) is 5.26 Å². The third kappa shape index (κ3) is 2.96. The van der Waals surface area contributed by atoms with Crippen molar-refractivity contribution in [2.75, 3.05) is 25.0 Å². The molecule has 2 aromatic rings. The molecule has 21 heavy (non-hydrogen) atoms. The van der Waals surface area contributed by atoms with E-state index in [9.17, 15) is 4.79 Å². The summed E-state index contributed by atoms with van der Waals surface area (Å²) in [6, 6.07) is 4.12. The highest BCUT2D eigenvalue weighted by Crippen LogP contribution is 2.23. The van der Waals surface area contributed by atoms with E-state index in [1.54, 1.807) is 11.4 Å². The van der Waals surface area contributed by atoms with Gasteiger partial charge in [-0.2, -0.15) is 10.4 Å². The highest BCUT2D eigenvalue weighted by atomic mass is 32.1. The number of nitriles is 1. The summed E-state index contributed by atoms with van der Waals surface area (Å²) in [4.78, 5) is 14.0. The predicted molar refractivity (Wildman–Crippen MR) is 80.1 cm³/mol. The van der Waals surface area contributed by atoms with Gasteiger partial charge in [-0.1, -0.05) is 0 Å². The molecule has 108 valence electrons. The summed E-state index contributed by atoms with van der Waals surface area (Å²) in [6.07, 6.45) is 3.86. The van der Waals surface area contributed by atoms with Crippen molar-refractivity contribution in [3.63, 3.8) is 0 Å². The standard InChI is InChI=1S/C14H15N5OS/c1-10-5-16-19(6-10)12-7-18(8-12)9-13(20)17-14-11(4-15)2-3-21-14/h2-3,5-6,12H,7-9H2,1H3,(H,17,20). The Labute approximate surface area is 126 Å². The van der Waals surface area contributed by atoms with Gasteiger partial charge in [0.05, 0.1) is 24.3 Å². The van der Waals surface area contributed by atoms with Gasteiger partial charge in [-0.15, -0.1) is 11.3 Å². The lowest BCUT2D eigenvalue weighted by Gasteiger charge is -2.38. The molecule has 1 N–H and O–H groups in total. The van der Waals surface area contributed by atoms with Crippen LogP contribution < -0.4 is 5.32 Å². The molecule has 0 bridgehead atoms. The molecule has 0 radical (unpaired) electrons. The Bertz CT molecular complexity index is 692. The first kappa shape index (κ1) is 13.8. The van der Waals surface area contributed by atoms with Crippen LogP contribution in [0, 0.1) is 18.3 Å². The van der Waals surface area contributed by atoms with Crippen LogP contribution in [0.4, 0.5) is 5.00 Å². The Morgan fingerprint density at radius 1 is 1.62 bits per heavy atom. The van der Waals surface area contributed by atoms with Crippen LogP contribution in [0.25, 0.3) is 0 Å². The van der Waals surface area contributed by atoms with Gasteiger partial charge >= 0.3 is 0 Å². The zero-order valence-corrected chi connectivity index (χ0v) is 12.4.